The highest BCUT2D eigenvalue weighted by Gasteiger charge is 2.10. The molecule has 1 aromatic heterocycles. The topological polar surface area (TPSA) is 114 Å². The summed E-state index contributed by atoms with van der Waals surface area (Å²) in [5.74, 6) is 0.955. The number of nitrogens with one attached hydrogen (secondary N) is 3. The van der Waals surface area contributed by atoms with Crippen LogP contribution in [0.2, 0.25) is 0 Å². The van der Waals surface area contributed by atoms with Crippen LogP contribution in [-0.4, -0.2) is 22.5 Å². The van der Waals surface area contributed by atoms with Crippen molar-refractivity contribution in [2.45, 2.75) is 0 Å². The molecule has 0 bridgehead atoms. The van der Waals surface area contributed by atoms with Crippen LogP contribution in [0, 0.1) is 3.57 Å². The Morgan fingerprint density at radius 2 is 1.74 bits per heavy atom. The van der Waals surface area contributed by atoms with Crippen molar-refractivity contribution in [2.24, 2.45) is 0 Å². The highest BCUT2D eigenvalue weighted by Crippen LogP contribution is 2.25. The summed E-state index contributed by atoms with van der Waals surface area (Å²) in [7, 11) is 0. The number of benzene rings is 2. The summed E-state index contributed by atoms with van der Waals surface area (Å²) in [4.78, 5) is 20.1. The van der Waals surface area contributed by atoms with E-state index in [0.717, 1.165) is 9.26 Å². The Kier molecular flexibility index (Phi) is 6.26. The van der Waals surface area contributed by atoms with E-state index in [9.17, 15) is 4.79 Å². The van der Waals surface area contributed by atoms with E-state index in [1.54, 1.807) is 12.1 Å². The Morgan fingerprint density at radius 1 is 1.04 bits per heavy atom. The van der Waals surface area contributed by atoms with Crippen molar-refractivity contribution >= 4 is 51.5 Å². The number of amides is 1. The first kappa shape index (κ1) is 18.7. The number of nitrogens with zero attached hydrogens (tertiary/aromatic N) is 2. The molecule has 3 aromatic rings. The molecule has 5 N–H and O–H groups in total. The number of hydrazine groups is 1. The smallest absolute Gasteiger partial charge is 0.276 e. The van der Waals surface area contributed by atoms with Gasteiger partial charge in [0.05, 0.1) is 0 Å². The van der Waals surface area contributed by atoms with Crippen molar-refractivity contribution in [1.29, 1.82) is 0 Å². The van der Waals surface area contributed by atoms with Crippen LogP contribution in [0.15, 0.2) is 60.9 Å². The molecule has 1 amide bonds. The minimum Gasteiger partial charge on any atom is -0.484 e. The Hall–Kier alpha value is -3.08. The number of hydrogen-bond donors (Lipinski definition) is 4. The lowest BCUT2D eigenvalue weighted by Gasteiger charge is -2.13. The van der Waals surface area contributed by atoms with E-state index in [4.69, 9.17) is 10.5 Å². The quantitative estimate of drug-likeness (QED) is 0.306. The number of carbonyl (C=O) groups is 1. The molecule has 2 aromatic carbocycles. The first-order valence-electron chi connectivity index (χ1n) is 7.97. The van der Waals surface area contributed by atoms with Crippen LogP contribution in [0.5, 0.6) is 5.75 Å². The Morgan fingerprint density at radius 3 is 2.48 bits per heavy atom. The third-order valence-electron chi connectivity index (χ3n) is 3.42. The third-order valence-corrected chi connectivity index (χ3v) is 4.14. The van der Waals surface area contributed by atoms with Gasteiger partial charge in [0, 0.05) is 9.26 Å². The number of halogens is 1. The van der Waals surface area contributed by atoms with Gasteiger partial charge in [0.2, 0.25) is 0 Å². The number of ether oxygens (including phenoxy) is 1. The van der Waals surface area contributed by atoms with E-state index in [2.05, 4.69) is 48.7 Å². The van der Waals surface area contributed by atoms with E-state index >= 15 is 0 Å². The summed E-state index contributed by atoms with van der Waals surface area (Å²) in [6.45, 7) is -0.143. The average molecular weight is 476 g/mol. The molecule has 0 aliphatic rings. The number of nitrogens with two attached hydrogens (primary N) is 1. The van der Waals surface area contributed by atoms with Gasteiger partial charge < -0.3 is 15.8 Å². The third kappa shape index (κ3) is 5.45. The number of anilines is 4. The predicted molar refractivity (Wildman–Crippen MR) is 113 cm³/mol. The standard InChI is InChI=1S/C18H17IN6O2/c19-12-6-8-13(9-7-12)23-17-16(20)18(22-11-21-17)25-24-15(26)10-27-14-4-2-1-3-5-14/h1-9,11H,10,20H2,(H,24,26)(H2,21,22,23,25). The molecule has 0 saturated heterocycles. The van der Waals surface area contributed by atoms with Gasteiger partial charge in [-0.15, -0.1) is 0 Å². The number of hydrogen-bond acceptors (Lipinski definition) is 7. The maximum atomic E-state index is 11.9. The fourth-order valence-corrected chi connectivity index (χ4v) is 2.45. The molecule has 138 valence electrons. The number of nitrogen functional groups attached to an aromatic ring is 1. The van der Waals surface area contributed by atoms with Gasteiger partial charge in [-0.25, -0.2) is 9.97 Å². The van der Waals surface area contributed by atoms with Crippen LogP contribution in [0.1, 0.15) is 0 Å². The van der Waals surface area contributed by atoms with E-state index in [1.165, 1.54) is 6.33 Å². The van der Waals surface area contributed by atoms with Crippen LogP contribution in [0.4, 0.5) is 23.0 Å². The van der Waals surface area contributed by atoms with Gasteiger partial charge in [0.25, 0.3) is 5.91 Å². The predicted octanol–water partition coefficient (Wildman–Crippen LogP) is 2.93. The minimum absolute atomic E-state index is 0.143. The second kappa shape index (κ2) is 9.03. The fraction of sp³-hybridized carbons (Fsp3) is 0.0556. The molecule has 0 fully saturated rings. The zero-order valence-corrected chi connectivity index (χ0v) is 16.3. The summed E-state index contributed by atoms with van der Waals surface area (Å²) in [6, 6.07) is 16.8. The van der Waals surface area contributed by atoms with E-state index < -0.39 is 0 Å². The van der Waals surface area contributed by atoms with E-state index in [-0.39, 0.29) is 24.0 Å². The highest BCUT2D eigenvalue weighted by atomic mass is 127. The Labute approximate surface area is 169 Å². The average Bonchev–Trinajstić information content (AvgIpc) is 2.69. The summed E-state index contributed by atoms with van der Waals surface area (Å²) in [5.41, 5.74) is 12.4. The van der Waals surface area contributed by atoms with Crippen molar-refractivity contribution in [1.82, 2.24) is 15.4 Å². The van der Waals surface area contributed by atoms with Crippen LogP contribution < -0.4 is 26.6 Å². The molecular weight excluding hydrogens is 459 g/mol. The molecule has 0 aliphatic heterocycles. The minimum atomic E-state index is -0.371. The molecule has 0 aliphatic carbocycles. The molecule has 0 saturated carbocycles. The molecule has 1 heterocycles. The second-order valence-corrected chi connectivity index (χ2v) is 6.64. The van der Waals surface area contributed by atoms with Gasteiger partial charge in [-0.1, -0.05) is 18.2 Å². The molecule has 0 atom stereocenters. The molecule has 9 heteroatoms. The van der Waals surface area contributed by atoms with Gasteiger partial charge in [-0.05, 0) is 59.0 Å². The van der Waals surface area contributed by atoms with Gasteiger partial charge in [0.1, 0.15) is 17.8 Å². The van der Waals surface area contributed by atoms with Gasteiger partial charge in [-0.2, -0.15) is 0 Å². The first-order valence-corrected chi connectivity index (χ1v) is 9.05. The van der Waals surface area contributed by atoms with Crippen molar-refractivity contribution in [3.8, 4) is 5.75 Å². The van der Waals surface area contributed by atoms with E-state index in [0.29, 0.717) is 11.6 Å². The molecule has 0 spiro atoms. The van der Waals surface area contributed by atoms with Crippen molar-refractivity contribution in [2.75, 3.05) is 23.1 Å². The van der Waals surface area contributed by atoms with Gasteiger partial charge in [-0.3, -0.25) is 15.6 Å². The molecular formula is C18H17IN6O2. The van der Waals surface area contributed by atoms with Crippen LogP contribution in [-0.2, 0) is 4.79 Å². The fourth-order valence-electron chi connectivity index (χ4n) is 2.10. The monoisotopic (exact) mass is 476 g/mol. The van der Waals surface area contributed by atoms with Crippen LogP contribution in [0.25, 0.3) is 0 Å². The number of rotatable bonds is 7. The second-order valence-electron chi connectivity index (χ2n) is 5.39. The largest absolute Gasteiger partial charge is 0.484 e. The summed E-state index contributed by atoms with van der Waals surface area (Å²) in [5, 5.41) is 3.12. The highest BCUT2D eigenvalue weighted by molar-refractivity contribution is 14.1. The summed E-state index contributed by atoms with van der Waals surface area (Å²) in [6.07, 6.45) is 1.35. The van der Waals surface area contributed by atoms with E-state index in [1.807, 2.05) is 42.5 Å². The summed E-state index contributed by atoms with van der Waals surface area (Å²) < 4.78 is 6.49. The molecule has 8 nitrogen and oxygen atoms in total. The van der Waals surface area contributed by atoms with Crippen molar-refractivity contribution < 1.29 is 9.53 Å². The zero-order chi connectivity index (χ0) is 19.1. The number of aromatic nitrogens is 2. The van der Waals surface area contributed by atoms with Crippen LogP contribution >= 0.6 is 22.6 Å². The molecule has 0 unspecified atom stereocenters. The van der Waals surface area contributed by atoms with Crippen molar-refractivity contribution in [3.63, 3.8) is 0 Å². The lowest BCUT2D eigenvalue weighted by atomic mass is 10.3. The first-order chi connectivity index (χ1) is 13.1. The molecule has 3 rings (SSSR count). The Bertz CT molecular complexity index is 905. The molecule has 0 radical (unpaired) electrons. The summed E-state index contributed by atoms with van der Waals surface area (Å²) >= 11 is 2.23. The number of para-hydroxylation sites is 1. The maximum absolute atomic E-state index is 11.9. The van der Waals surface area contributed by atoms with Crippen molar-refractivity contribution in [3.05, 3.63) is 64.5 Å². The SMILES string of the molecule is Nc1c(NNC(=O)COc2ccccc2)ncnc1Nc1ccc(I)cc1. The lowest BCUT2D eigenvalue weighted by molar-refractivity contribution is -0.122. The lowest BCUT2D eigenvalue weighted by Crippen LogP contribution is -2.34. The van der Waals surface area contributed by atoms with Gasteiger partial charge >= 0.3 is 0 Å². The molecule has 27 heavy (non-hydrogen) atoms. The normalized spacial score (nSPS) is 10.1. The van der Waals surface area contributed by atoms with Gasteiger partial charge in [0.15, 0.2) is 18.2 Å². The zero-order valence-electron chi connectivity index (χ0n) is 14.1. The number of carbonyl (C=O) groups excluding carboxylic acids is 1. The maximum Gasteiger partial charge on any atom is 0.276 e. The van der Waals surface area contributed by atoms with Crippen LogP contribution in [0.3, 0.4) is 0 Å². The Balaban J connectivity index is 1.57.